The minimum atomic E-state index is 0.174. The van der Waals surface area contributed by atoms with Gasteiger partial charge in [-0.3, -0.25) is 4.57 Å². The summed E-state index contributed by atoms with van der Waals surface area (Å²) in [4.78, 5) is 17.1. The summed E-state index contributed by atoms with van der Waals surface area (Å²) in [5.41, 5.74) is 3.94. The van der Waals surface area contributed by atoms with Gasteiger partial charge in [-0.15, -0.1) is 5.10 Å². The number of hydrogen-bond donors (Lipinski definition) is 0. The molecule has 3 heterocycles. The predicted octanol–water partition coefficient (Wildman–Crippen LogP) is 4.27. The van der Waals surface area contributed by atoms with Crippen molar-refractivity contribution in [2.75, 3.05) is 4.90 Å². The highest BCUT2D eigenvalue weighted by atomic mass is 15.5. The molecule has 0 bridgehead atoms. The Labute approximate surface area is 192 Å². The van der Waals surface area contributed by atoms with Crippen molar-refractivity contribution in [1.82, 2.24) is 34.5 Å². The second-order valence-corrected chi connectivity index (χ2v) is 8.38. The van der Waals surface area contributed by atoms with Crippen LogP contribution in [-0.4, -0.2) is 34.5 Å². The molecule has 0 radical (unpaired) electrons. The Hall–Kier alpha value is -4.07. The van der Waals surface area contributed by atoms with Crippen LogP contribution in [0.3, 0.4) is 0 Å². The van der Waals surface area contributed by atoms with Gasteiger partial charge in [-0.25, -0.2) is 15.0 Å². The highest BCUT2D eigenvalue weighted by molar-refractivity contribution is 5.85. The fraction of sp³-hybridized carbons (Fsp3) is 0.240. The van der Waals surface area contributed by atoms with Crippen LogP contribution in [0.15, 0.2) is 73.1 Å². The molecule has 0 aliphatic heterocycles. The summed E-state index contributed by atoms with van der Waals surface area (Å²) in [6, 6.07) is 20.9. The number of hydrogen-bond acceptors (Lipinski definition) is 6. The normalized spacial score (nSPS) is 11.4. The summed E-state index contributed by atoms with van der Waals surface area (Å²) in [6.07, 6.45) is 3.42. The van der Waals surface area contributed by atoms with E-state index in [0.29, 0.717) is 19.0 Å². The molecule has 0 saturated carbocycles. The van der Waals surface area contributed by atoms with Crippen molar-refractivity contribution in [3.8, 4) is 5.95 Å². The van der Waals surface area contributed by atoms with Crippen molar-refractivity contribution in [2.45, 2.75) is 32.9 Å². The quantitative estimate of drug-likeness (QED) is 0.378. The lowest BCUT2D eigenvalue weighted by Crippen LogP contribution is -2.24. The highest BCUT2D eigenvalue weighted by Crippen LogP contribution is 2.29. The molecule has 0 amide bonds. The molecule has 0 unspecified atom stereocenters. The van der Waals surface area contributed by atoms with Crippen LogP contribution >= 0.6 is 0 Å². The molecule has 0 aliphatic carbocycles. The Morgan fingerprint density at radius 3 is 2.03 bits per heavy atom. The minimum absolute atomic E-state index is 0.174. The third-order valence-corrected chi connectivity index (χ3v) is 5.57. The molecule has 0 fully saturated rings. The lowest BCUT2D eigenvalue weighted by molar-refractivity contribution is 0.717. The lowest BCUT2D eigenvalue weighted by atomic mass is 10.1. The molecule has 0 N–H and O–H groups in total. The van der Waals surface area contributed by atoms with E-state index in [2.05, 4.69) is 77.6 Å². The van der Waals surface area contributed by atoms with Crippen LogP contribution in [0.1, 0.15) is 36.7 Å². The van der Waals surface area contributed by atoms with Gasteiger partial charge in [-0.2, -0.15) is 4.68 Å². The molecule has 5 aromatic rings. The molecule has 33 heavy (non-hydrogen) atoms. The number of anilines is 1. The van der Waals surface area contributed by atoms with Crippen LogP contribution in [0.2, 0.25) is 0 Å². The Bertz CT molecular complexity index is 1300. The molecule has 0 spiro atoms. The molecular formula is C25H26N8. The first-order chi connectivity index (χ1) is 16.1. The zero-order valence-corrected chi connectivity index (χ0v) is 19.0. The van der Waals surface area contributed by atoms with E-state index < -0.39 is 0 Å². The number of aromatic nitrogens is 7. The zero-order valence-electron chi connectivity index (χ0n) is 19.0. The second kappa shape index (κ2) is 8.82. The zero-order chi connectivity index (χ0) is 22.8. The van der Waals surface area contributed by atoms with E-state index in [1.165, 1.54) is 11.1 Å². The maximum Gasteiger partial charge on any atom is 0.234 e. The number of aryl methyl sites for hydroxylation is 1. The fourth-order valence-corrected chi connectivity index (χ4v) is 3.86. The number of benzene rings is 2. The molecule has 3 aromatic heterocycles. The monoisotopic (exact) mass is 438 g/mol. The third kappa shape index (κ3) is 4.19. The standard InChI is InChI=1S/C25H26N8/c1-18(2)22-28-23-21(27-25(31(23)3)33-15-14-26-30-33)24(29-22)32(16-19-10-6-4-7-11-19)17-20-12-8-5-9-13-20/h4-15,18H,16-17H2,1-3H3. The van der Waals surface area contributed by atoms with E-state index in [1.54, 1.807) is 17.1 Å². The van der Waals surface area contributed by atoms with Crippen molar-refractivity contribution >= 4 is 17.0 Å². The molecule has 166 valence electrons. The summed E-state index contributed by atoms with van der Waals surface area (Å²) >= 11 is 0. The van der Waals surface area contributed by atoms with Gasteiger partial charge in [-0.05, 0) is 11.1 Å². The van der Waals surface area contributed by atoms with Crippen LogP contribution in [0.25, 0.3) is 17.1 Å². The van der Waals surface area contributed by atoms with Crippen molar-refractivity contribution in [1.29, 1.82) is 0 Å². The van der Waals surface area contributed by atoms with Crippen molar-refractivity contribution < 1.29 is 0 Å². The van der Waals surface area contributed by atoms with Crippen molar-refractivity contribution in [3.63, 3.8) is 0 Å². The Morgan fingerprint density at radius 2 is 1.48 bits per heavy atom. The summed E-state index contributed by atoms with van der Waals surface area (Å²) < 4.78 is 3.60. The smallest absolute Gasteiger partial charge is 0.234 e. The summed E-state index contributed by atoms with van der Waals surface area (Å²) in [5.74, 6) is 2.43. The van der Waals surface area contributed by atoms with Gasteiger partial charge in [0, 0.05) is 26.1 Å². The average Bonchev–Trinajstić information content (AvgIpc) is 3.48. The Balaban J connectivity index is 1.69. The van der Waals surface area contributed by atoms with E-state index >= 15 is 0 Å². The van der Waals surface area contributed by atoms with Crippen LogP contribution in [0.5, 0.6) is 0 Å². The first-order valence-corrected chi connectivity index (χ1v) is 11.0. The van der Waals surface area contributed by atoms with Crippen molar-refractivity contribution in [2.24, 2.45) is 7.05 Å². The van der Waals surface area contributed by atoms with Gasteiger partial charge >= 0.3 is 0 Å². The van der Waals surface area contributed by atoms with Gasteiger partial charge in [0.1, 0.15) is 5.82 Å². The average molecular weight is 439 g/mol. The fourth-order valence-electron chi connectivity index (χ4n) is 3.86. The predicted molar refractivity (Wildman–Crippen MR) is 128 cm³/mol. The minimum Gasteiger partial charge on any atom is -0.346 e. The topological polar surface area (TPSA) is 77.5 Å². The van der Waals surface area contributed by atoms with Crippen LogP contribution < -0.4 is 4.90 Å². The van der Waals surface area contributed by atoms with Gasteiger partial charge in [0.05, 0.1) is 12.4 Å². The maximum absolute atomic E-state index is 5.02. The summed E-state index contributed by atoms with van der Waals surface area (Å²) in [7, 11) is 1.95. The number of nitrogens with zero attached hydrogens (tertiary/aromatic N) is 8. The van der Waals surface area contributed by atoms with E-state index in [9.17, 15) is 0 Å². The van der Waals surface area contributed by atoms with Crippen LogP contribution in [-0.2, 0) is 20.1 Å². The number of rotatable bonds is 7. The third-order valence-electron chi connectivity index (χ3n) is 5.57. The van der Waals surface area contributed by atoms with E-state index in [4.69, 9.17) is 15.0 Å². The Kier molecular flexibility index (Phi) is 5.56. The largest absolute Gasteiger partial charge is 0.346 e. The Morgan fingerprint density at radius 1 is 0.848 bits per heavy atom. The van der Waals surface area contributed by atoms with Crippen LogP contribution in [0.4, 0.5) is 5.82 Å². The molecule has 8 nitrogen and oxygen atoms in total. The molecule has 0 atom stereocenters. The number of fused-ring (bicyclic) bond motifs is 1. The number of imidazole rings is 1. The molecule has 8 heteroatoms. The van der Waals surface area contributed by atoms with Gasteiger partial charge in [0.2, 0.25) is 5.95 Å². The van der Waals surface area contributed by atoms with Gasteiger partial charge < -0.3 is 4.90 Å². The lowest BCUT2D eigenvalue weighted by Gasteiger charge is -2.25. The van der Waals surface area contributed by atoms with E-state index in [-0.39, 0.29) is 5.92 Å². The van der Waals surface area contributed by atoms with E-state index in [0.717, 1.165) is 22.8 Å². The summed E-state index contributed by atoms with van der Waals surface area (Å²) in [5, 5.41) is 8.07. The van der Waals surface area contributed by atoms with E-state index in [1.807, 2.05) is 23.7 Å². The molecule has 0 saturated heterocycles. The summed E-state index contributed by atoms with van der Waals surface area (Å²) in [6.45, 7) is 5.62. The van der Waals surface area contributed by atoms with Crippen molar-refractivity contribution in [3.05, 3.63) is 90.0 Å². The molecular weight excluding hydrogens is 412 g/mol. The molecule has 2 aromatic carbocycles. The molecule has 5 rings (SSSR count). The van der Waals surface area contributed by atoms with Gasteiger partial charge in [-0.1, -0.05) is 79.7 Å². The van der Waals surface area contributed by atoms with Gasteiger partial charge in [0.15, 0.2) is 17.0 Å². The second-order valence-electron chi connectivity index (χ2n) is 8.38. The maximum atomic E-state index is 5.02. The first-order valence-electron chi connectivity index (χ1n) is 11.0. The first kappa shape index (κ1) is 20.8. The van der Waals surface area contributed by atoms with Gasteiger partial charge in [0.25, 0.3) is 0 Å². The SMILES string of the molecule is CC(C)c1nc(N(Cc2ccccc2)Cc2ccccc2)c2nc(-n3ccnn3)n(C)c2n1. The molecule has 0 aliphatic rings. The van der Waals surface area contributed by atoms with Crippen LogP contribution in [0, 0.1) is 0 Å². The highest BCUT2D eigenvalue weighted by Gasteiger charge is 2.23.